The molecular formula is C23H24BrCl3N2O3. The van der Waals surface area contributed by atoms with E-state index in [1.807, 2.05) is 0 Å². The van der Waals surface area contributed by atoms with Crippen molar-refractivity contribution in [2.24, 2.45) is 0 Å². The number of hydrogen-bond acceptors (Lipinski definition) is 3. The van der Waals surface area contributed by atoms with Crippen LogP contribution in [-0.4, -0.2) is 35.4 Å². The van der Waals surface area contributed by atoms with Gasteiger partial charge >= 0.3 is 0 Å². The lowest BCUT2D eigenvalue weighted by Gasteiger charge is -2.30. The summed E-state index contributed by atoms with van der Waals surface area (Å²) in [5.41, 5.74) is 0.692. The van der Waals surface area contributed by atoms with Crippen LogP contribution >= 0.6 is 50.7 Å². The maximum Gasteiger partial charge on any atom is 0.261 e. The number of nitrogens with zero attached hydrogens (tertiary/aromatic N) is 1. The fraction of sp³-hybridized carbons (Fsp3) is 0.391. The molecule has 1 atom stereocenters. The molecule has 172 valence electrons. The van der Waals surface area contributed by atoms with Crippen LogP contribution in [0.15, 0.2) is 40.9 Å². The molecule has 2 aromatic rings. The average molecular weight is 563 g/mol. The molecule has 2 amide bonds. The van der Waals surface area contributed by atoms with Crippen molar-refractivity contribution in [3.8, 4) is 5.75 Å². The highest BCUT2D eigenvalue weighted by Gasteiger charge is 2.29. The van der Waals surface area contributed by atoms with Crippen molar-refractivity contribution in [3.05, 3.63) is 61.5 Å². The van der Waals surface area contributed by atoms with E-state index in [1.54, 1.807) is 43.3 Å². The Hall–Kier alpha value is -1.47. The first kappa shape index (κ1) is 25.2. The first-order chi connectivity index (χ1) is 15.2. The van der Waals surface area contributed by atoms with Crippen molar-refractivity contribution >= 4 is 62.5 Å². The Balaban J connectivity index is 1.76. The number of rotatable bonds is 8. The molecule has 3 rings (SSSR count). The van der Waals surface area contributed by atoms with Gasteiger partial charge in [0.15, 0.2) is 6.61 Å². The number of benzene rings is 2. The van der Waals surface area contributed by atoms with Crippen LogP contribution in [0.25, 0.3) is 0 Å². The first-order valence-electron chi connectivity index (χ1n) is 10.4. The Kier molecular flexibility index (Phi) is 9.12. The van der Waals surface area contributed by atoms with Gasteiger partial charge in [0.1, 0.15) is 11.8 Å². The predicted molar refractivity (Wildman–Crippen MR) is 132 cm³/mol. The monoisotopic (exact) mass is 560 g/mol. The lowest BCUT2D eigenvalue weighted by Crippen LogP contribution is -2.50. The predicted octanol–water partition coefficient (Wildman–Crippen LogP) is 6.26. The minimum atomic E-state index is -0.702. The molecule has 0 aromatic heterocycles. The van der Waals surface area contributed by atoms with Gasteiger partial charge in [-0.25, -0.2) is 0 Å². The summed E-state index contributed by atoms with van der Waals surface area (Å²) >= 11 is 21.7. The van der Waals surface area contributed by atoms with Crippen LogP contribution in [0, 0.1) is 0 Å². The van der Waals surface area contributed by atoms with Crippen molar-refractivity contribution in [2.45, 2.75) is 51.2 Å². The molecule has 0 unspecified atom stereocenters. The average Bonchev–Trinajstić information content (AvgIpc) is 3.25. The van der Waals surface area contributed by atoms with E-state index < -0.39 is 6.04 Å². The van der Waals surface area contributed by atoms with Crippen LogP contribution in [0.3, 0.4) is 0 Å². The molecule has 0 heterocycles. The molecule has 9 heteroatoms. The van der Waals surface area contributed by atoms with Crippen LogP contribution < -0.4 is 10.1 Å². The fourth-order valence-corrected chi connectivity index (χ4v) is 4.89. The van der Waals surface area contributed by atoms with Gasteiger partial charge in [-0.05, 0) is 71.6 Å². The molecule has 2 aromatic carbocycles. The molecule has 0 spiro atoms. The molecule has 1 N–H and O–H groups in total. The van der Waals surface area contributed by atoms with Crippen LogP contribution in [0.5, 0.6) is 5.75 Å². The summed E-state index contributed by atoms with van der Waals surface area (Å²) in [5.74, 6) is -0.0507. The molecule has 1 saturated carbocycles. The second-order valence-electron chi connectivity index (χ2n) is 7.79. The topological polar surface area (TPSA) is 58.6 Å². The smallest absolute Gasteiger partial charge is 0.261 e. The fourth-order valence-electron chi connectivity index (χ4n) is 3.62. The van der Waals surface area contributed by atoms with E-state index in [1.165, 1.54) is 4.90 Å². The Morgan fingerprint density at radius 2 is 1.78 bits per heavy atom. The Bertz CT molecular complexity index is 983. The van der Waals surface area contributed by atoms with Crippen LogP contribution in [0.4, 0.5) is 0 Å². The van der Waals surface area contributed by atoms with E-state index in [0.717, 1.165) is 25.7 Å². The van der Waals surface area contributed by atoms with Gasteiger partial charge in [0.25, 0.3) is 5.91 Å². The Morgan fingerprint density at radius 3 is 2.44 bits per heavy atom. The third kappa shape index (κ3) is 6.77. The van der Waals surface area contributed by atoms with Gasteiger partial charge in [0, 0.05) is 27.7 Å². The number of carbonyl (C=O) groups excluding carboxylic acids is 2. The van der Waals surface area contributed by atoms with Crippen LogP contribution in [-0.2, 0) is 16.1 Å². The van der Waals surface area contributed by atoms with E-state index in [9.17, 15) is 9.59 Å². The number of nitrogens with one attached hydrogen (secondary N) is 1. The van der Waals surface area contributed by atoms with Crippen molar-refractivity contribution < 1.29 is 14.3 Å². The van der Waals surface area contributed by atoms with Gasteiger partial charge < -0.3 is 15.0 Å². The Morgan fingerprint density at radius 1 is 1.12 bits per heavy atom. The second-order valence-corrected chi connectivity index (χ2v) is 9.92. The number of amides is 2. The van der Waals surface area contributed by atoms with Gasteiger partial charge in [-0.2, -0.15) is 0 Å². The molecule has 1 fully saturated rings. The van der Waals surface area contributed by atoms with Gasteiger partial charge in [-0.3, -0.25) is 9.59 Å². The summed E-state index contributed by atoms with van der Waals surface area (Å²) in [5, 5.41) is 4.54. The van der Waals surface area contributed by atoms with E-state index in [-0.39, 0.29) is 31.0 Å². The largest absolute Gasteiger partial charge is 0.483 e. The third-order valence-corrected chi connectivity index (χ3v) is 6.91. The molecule has 32 heavy (non-hydrogen) atoms. The lowest BCUT2D eigenvalue weighted by atomic mass is 10.1. The number of carbonyl (C=O) groups is 2. The normalized spacial score (nSPS) is 14.8. The molecule has 0 radical (unpaired) electrons. The minimum absolute atomic E-state index is 0.152. The molecule has 1 aliphatic carbocycles. The van der Waals surface area contributed by atoms with Crippen molar-refractivity contribution in [1.82, 2.24) is 10.2 Å². The zero-order valence-electron chi connectivity index (χ0n) is 17.5. The van der Waals surface area contributed by atoms with Gasteiger partial charge in [0.05, 0.1) is 4.47 Å². The van der Waals surface area contributed by atoms with E-state index in [0.29, 0.717) is 30.9 Å². The van der Waals surface area contributed by atoms with Crippen molar-refractivity contribution in [3.63, 3.8) is 0 Å². The summed E-state index contributed by atoms with van der Waals surface area (Å²) in [6.45, 7) is 1.62. The second kappa shape index (κ2) is 11.6. The van der Waals surface area contributed by atoms with Crippen molar-refractivity contribution in [2.75, 3.05) is 6.61 Å². The summed E-state index contributed by atoms with van der Waals surface area (Å²) in [6, 6.07) is 9.56. The first-order valence-corrected chi connectivity index (χ1v) is 12.3. The quantitative estimate of drug-likeness (QED) is 0.413. The van der Waals surface area contributed by atoms with Crippen molar-refractivity contribution in [1.29, 1.82) is 0 Å². The summed E-state index contributed by atoms with van der Waals surface area (Å²) in [6.07, 6.45) is 4.13. The van der Waals surface area contributed by atoms with Crippen LogP contribution in [0.1, 0.15) is 38.2 Å². The zero-order valence-corrected chi connectivity index (χ0v) is 21.4. The van der Waals surface area contributed by atoms with E-state index in [4.69, 9.17) is 39.5 Å². The Labute approximate surface area is 211 Å². The highest BCUT2D eigenvalue weighted by atomic mass is 79.9. The highest BCUT2D eigenvalue weighted by molar-refractivity contribution is 9.10. The maximum atomic E-state index is 13.2. The van der Waals surface area contributed by atoms with E-state index in [2.05, 4.69) is 21.2 Å². The van der Waals surface area contributed by atoms with E-state index >= 15 is 0 Å². The molecule has 0 aliphatic heterocycles. The minimum Gasteiger partial charge on any atom is -0.483 e. The van der Waals surface area contributed by atoms with Gasteiger partial charge in [-0.1, -0.05) is 53.7 Å². The molecular weight excluding hydrogens is 539 g/mol. The molecule has 0 saturated heterocycles. The summed E-state index contributed by atoms with van der Waals surface area (Å²) in [4.78, 5) is 27.6. The number of hydrogen-bond donors (Lipinski definition) is 1. The third-order valence-electron chi connectivity index (χ3n) is 5.47. The highest BCUT2D eigenvalue weighted by Crippen LogP contribution is 2.28. The van der Waals surface area contributed by atoms with Gasteiger partial charge in [0.2, 0.25) is 5.91 Å². The van der Waals surface area contributed by atoms with Gasteiger partial charge in [-0.15, -0.1) is 0 Å². The number of ether oxygens (including phenoxy) is 1. The SMILES string of the molecule is C[C@H](C(=O)NC1CCCC1)N(Cc1ccc(Cl)cc1Cl)C(=O)COc1ccc(Cl)cc1Br. The molecule has 1 aliphatic rings. The summed E-state index contributed by atoms with van der Waals surface area (Å²) in [7, 11) is 0. The maximum absolute atomic E-state index is 13.2. The zero-order chi connectivity index (χ0) is 23.3. The molecule has 5 nitrogen and oxygen atoms in total. The summed E-state index contributed by atoms with van der Waals surface area (Å²) < 4.78 is 6.34. The molecule has 0 bridgehead atoms. The lowest BCUT2D eigenvalue weighted by molar-refractivity contribution is -0.142. The number of halogens is 4. The standard InChI is InChI=1S/C23H24BrCl3N2O3/c1-14(23(31)28-18-4-2-3-5-18)29(12-15-6-7-17(26)11-20(15)27)22(30)13-32-21-9-8-16(25)10-19(21)24/h6-11,14,18H,2-5,12-13H2,1H3,(H,28,31)/t14-/m1/s1. The van der Waals surface area contributed by atoms with Crippen LogP contribution in [0.2, 0.25) is 15.1 Å².